The van der Waals surface area contributed by atoms with Gasteiger partial charge in [0.25, 0.3) is 0 Å². The van der Waals surface area contributed by atoms with Crippen molar-refractivity contribution in [1.82, 2.24) is 9.91 Å². The summed E-state index contributed by atoms with van der Waals surface area (Å²) in [6.07, 6.45) is -0.279. The number of rotatable bonds is 4. The van der Waals surface area contributed by atoms with Gasteiger partial charge in [0.05, 0.1) is 18.8 Å². The fourth-order valence-corrected chi connectivity index (χ4v) is 2.39. The number of carbonyl (C=O) groups excluding carboxylic acids is 1. The van der Waals surface area contributed by atoms with Gasteiger partial charge in [0.2, 0.25) is 0 Å². The van der Waals surface area contributed by atoms with Crippen LogP contribution in [0.25, 0.3) is 0 Å². The molecule has 1 heterocycles. The highest BCUT2D eigenvalue weighted by Gasteiger charge is 2.21. The fraction of sp³-hybridized carbons (Fsp3) is 0.278. The number of amides is 1. The second kappa shape index (κ2) is 8.10. The molecule has 0 bridgehead atoms. The first-order valence-corrected chi connectivity index (χ1v) is 7.98. The van der Waals surface area contributed by atoms with Crippen LogP contribution in [0.15, 0.2) is 71.0 Å². The van der Waals surface area contributed by atoms with Crippen molar-refractivity contribution in [2.45, 2.75) is 6.61 Å². The van der Waals surface area contributed by atoms with E-state index in [2.05, 4.69) is 10.3 Å². The van der Waals surface area contributed by atoms with Crippen molar-refractivity contribution in [3.63, 3.8) is 0 Å². The number of carbonyl (C=O) groups is 1. The van der Waals surface area contributed by atoms with Crippen LogP contribution in [0.2, 0.25) is 0 Å². The second-order valence-corrected chi connectivity index (χ2v) is 5.51. The molecular weight excluding hydrogens is 304 g/mol. The Bertz CT molecular complexity index is 668. The zero-order chi connectivity index (χ0) is 16.6. The number of piperazine rings is 1. The summed E-state index contributed by atoms with van der Waals surface area (Å²) in [5.74, 6) is 0. The first kappa shape index (κ1) is 16.0. The number of hydrogen-bond donors (Lipinski definition) is 0. The summed E-state index contributed by atoms with van der Waals surface area (Å²) < 4.78 is 5.35. The van der Waals surface area contributed by atoms with E-state index in [1.165, 1.54) is 0 Å². The van der Waals surface area contributed by atoms with E-state index in [1.807, 2.05) is 65.7 Å². The molecule has 0 atom stereocenters. The number of nitrogens with zero attached hydrogens (tertiary/aromatic N) is 4. The average molecular weight is 324 g/mol. The number of benzene rings is 2. The molecule has 0 unspecified atom stereocenters. The van der Waals surface area contributed by atoms with Gasteiger partial charge in [0.1, 0.15) is 6.61 Å². The Hall–Kier alpha value is -2.89. The van der Waals surface area contributed by atoms with Crippen molar-refractivity contribution < 1.29 is 9.53 Å². The Morgan fingerprint density at radius 3 is 2.21 bits per heavy atom. The van der Waals surface area contributed by atoms with Gasteiger partial charge in [-0.3, -0.25) is 5.01 Å². The molecule has 0 spiro atoms. The van der Waals surface area contributed by atoms with Gasteiger partial charge < -0.3 is 9.64 Å². The third kappa shape index (κ3) is 4.55. The molecule has 6 nitrogen and oxygen atoms in total. The van der Waals surface area contributed by atoms with Gasteiger partial charge in [0, 0.05) is 13.1 Å². The van der Waals surface area contributed by atoms with Crippen molar-refractivity contribution in [2.24, 2.45) is 10.3 Å². The van der Waals surface area contributed by atoms with Gasteiger partial charge in [-0.2, -0.15) is 0 Å². The van der Waals surface area contributed by atoms with Crippen molar-refractivity contribution in [3.05, 3.63) is 66.2 Å². The molecule has 6 heteroatoms. The van der Waals surface area contributed by atoms with Gasteiger partial charge in [-0.1, -0.05) is 53.8 Å². The van der Waals surface area contributed by atoms with Crippen molar-refractivity contribution in [2.75, 3.05) is 26.2 Å². The first-order valence-electron chi connectivity index (χ1n) is 7.98. The maximum Gasteiger partial charge on any atom is 0.410 e. The summed E-state index contributed by atoms with van der Waals surface area (Å²) in [5.41, 5.74) is 1.81. The van der Waals surface area contributed by atoms with E-state index < -0.39 is 0 Å². The third-order valence-corrected chi connectivity index (χ3v) is 3.76. The van der Waals surface area contributed by atoms with Crippen molar-refractivity contribution in [3.8, 4) is 0 Å². The minimum atomic E-state index is -0.279. The van der Waals surface area contributed by atoms with Gasteiger partial charge in [-0.15, -0.1) is 5.11 Å². The van der Waals surface area contributed by atoms with Crippen LogP contribution >= 0.6 is 0 Å². The van der Waals surface area contributed by atoms with Gasteiger partial charge in [-0.05, 0) is 17.7 Å². The van der Waals surface area contributed by atoms with E-state index in [9.17, 15) is 4.79 Å². The Morgan fingerprint density at radius 1 is 0.917 bits per heavy atom. The Balaban J connectivity index is 1.43. The Kier molecular flexibility index (Phi) is 5.40. The van der Waals surface area contributed by atoms with Gasteiger partial charge in [-0.25, -0.2) is 4.79 Å². The zero-order valence-electron chi connectivity index (χ0n) is 13.4. The van der Waals surface area contributed by atoms with E-state index in [4.69, 9.17) is 4.74 Å². The first-order chi connectivity index (χ1) is 11.8. The van der Waals surface area contributed by atoms with Crippen LogP contribution < -0.4 is 0 Å². The fourth-order valence-electron chi connectivity index (χ4n) is 2.39. The maximum absolute atomic E-state index is 12.1. The lowest BCUT2D eigenvalue weighted by molar-refractivity contribution is 0.0706. The summed E-state index contributed by atoms with van der Waals surface area (Å²) >= 11 is 0. The van der Waals surface area contributed by atoms with E-state index in [0.717, 1.165) is 11.3 Å². The second-order valence-electron chi connectivity index (χ2n) is 5.51. The molecule has 1 amide bonds. The highest BCUT2D eigenvalue weighted by Crippen LogP contribution is 2.12. The number of ether oxygens (including phenoxy) is 1. The quantitative estimate of drug-likeness (QED) is 0.807. The molecule has 3 rings (SSSR count). The minimum Gasteiger partial charge on any atom is -0.445 e. The lowest BCUT2D eigenvalue weighted by Crippen LogP contribution is -2.46. The van der Waals surface area contributed by atoms with E-state index in [-0.39, 0.29) is 6.09 Å². The lowest BCUT2D eigenvalue weighted by atomic mass is 10.2. The summed E-state index contributed by atoms with van der Waals surface area (Å²) in [4.78, 5) is 13.8. The van der Waals surface area contributed by atoms with Crippen LogP contribution in [0.5, 0.6) is 0 Å². The van der Waals surface area contributed by atoms with E-state index in [1.54, 1.807) is 4.90 Å². The molecule has 0 radical (unpaired) electrons. The van der Waals surface area contributed by atoms with Crippen LogP contribution in [0.4, 0.5) is 10.5 Å². The van der Waals surface area contributed by atoms with Crippen LogP contribution in [-0.2, 0) is 11.3 Å². The van der Waals surface area contributed by atoms with Crippen molar-refractivity contribution >= 4 is 11.8 Å². The molecule has 0 N–H and O–H groups in total. The molecule has 24 heavy (non-hydrogen) atoms. The summed E-state index contributed by atoms with van der Waals surface area (Å²) in [5, 5.41) is 10.3. The zero-order valence-corrected chi connectivity index (χ0v) is 13.4. The molecule has 0 aliphatic carbocycles. The molecule has 0 aromatic heterocycles. The molecule has 2 aromatic carbocycles. The van der Waals surface area contributed by atoms with Crippen LogP contribution in [-0.4, -0.2) is 42.2 Å². The average Bonchev–Trinajstić information content (AvgIpc) is 2.66. The normalized spacial score (nSPS) is 14.8. The molecule has 2 aromatic rings. The molecule has 1 saturated heterocycles. The minimum absolute atomic E-state index is 0.279. The Labute approximate surface area is 141 Å². The molecule has 1 aliphatic heterocycles. The molecular formula is C18H20N4O2. The molecule has 124 valence electrons. The molecule has 1 aliphatic rings. The van der Waals surface area contributed by atoms with Crippen LogP contribution in [0.3, 0.4) is 0 Å². The maximum atomic E-state index is 12.1. The number of hydrogen-bond acceptors (Lipinski definition) is 4. The third-order valence-electron chi connectivity index (χ3n) is 3.76. The lowest BCUT2D eigenvalue weighted by Gasteiger charge is -2.31. The molecule has 1 fully saturated rings. The standard InChI is InChI=1S/C18H20N4O2/c23-18(24-15-16-7-3-1-4-8-16)21-11-13-22(14-12-21)20-19-17-9-5-2-6-10-17/h1-10H,11-15H2. The predicted molar refractivity (Wildman–Crippen MR) is 90.7 cm³/mol. The highest BCUT2D eigenvalue weighted by molar-refractivity contribution is 5.67. The summed E-state index contributed by atoms with van der Waals surface area (Å²) in [6.45, 7) is 2.77. The predicted octanol–water partition coefficient (Wildman–Crippen LogP) is 3.64. The van der Waals surface area contributed by atoms with Crippen LogP contribution in [0, 0.1) is 0 Å². The SMILES string of the molecule is O=C(OCc1ccccc1)N1CCN(N=Nc2ccccc2)CC1. The van der Waals surface area contributed by atoms with Gasteiger partial charge >= 0.3 is 6.09 Å². The largest absolute Gasteiger partial charge is 0.445 e. The van der Waals surface area contributed by atoms with E-state index in [0.29, 0.717) is 32.8 Å². The summed E-state index contributed by atoms with van der Waals surface area (Å²) in [6, 6.07) is 19.3. The Morgan fingerprint density at radius 2 is 1.54 bits per heavy atom. The van der Waals surface area contributed by atoms with Crippen LogP contribution in [0.1, 0.15) is 5.56 Å². The monoisotopic (exact) mass is 324 g/mol. The smallest absolute Gasteiger partial charge is 0.410 e. The topological polar surface area (TPSA) is 57.5 Å². The highest BCUT2D eigenvalue weighted by atomic mass is 16.6. The van der Waals surface area contributed by atoms with Gasteiger partial charge in [0.15, 0.2) is 0 Å². The summed E-state index contributed by atoms with van der Waals surface area (Å²) in [7, 11) is 0. The molecule has 0 saturated carbocycles. The van der Waals surface area contributed by atoms with E-state index >= 15 is 0 Å². The van der Waals surface area contributed by atoms with Crippen molar-refractivity contribution in [1.29, 1.82) is 0 Å².